The summed E-state index contributed by atoms with van der Waals surface area (Å²) in [6.45, 7) is 5.31. The van der Waals surface area contributed by atoms with Crippen molar-refractivity contribution >= 4 is 21.6 Å². The van der Waals surface area contributed by atoms with Crippen LogP contribution >= 0.6 is 0 Å². The van der Waals surface area contributed by atoms with Gasteiger partial charge in [0.1, 0.15) is 11.8 Å². The minimum Gasteiger partial charge on any atom is -0.495 e. The number of nitrogens with zero attached hydrogens (tertiary/aromatic N) is 2. The fourth-order valence-corrected chi connectivity index (χ4v) is 3.96. The van der Waals surface area contributed by atoms with Crippen LogP contribution in [-0.4, -0.2) is 64.9 Å². The van der Waals surface area contributed by atoms with Gasteiger partial charge >= 0.3 is 0 Å². The molecule has 24 heavy (non-hydrogen) atoms. The zero-order chi connectivity index (χ0) is 17.9. The van der Waals surface area contributed by atoms with Gasteiger partial charge < -0.3 is 14.4 Å². The average Bonchev–Trinajstić information content (AvgIpc) is 2.54. The molecule has 0 N–H and O–H groups in total. The van der Waals surface area contributed by atoms with Crippen LogP contribution in [0.4, 0.5) is 5.69 Å². The number of hydrogen-bond acceptors (Lipinski definition) is 5. The van der Waals surface area contributed by atoms with Crippen molar-refractivity contribution in [3.8, 4) is 5.75 Å². The molecule has 1 aromatic carbocycles. The number of anilines is 1. The van der Waals surface area contributed by atoms with Gasteiger partial charge in [0.15, 0.2) is 0 Å². The van der Waals surface area contributed by atoms with Crippen molar-refractivity contribution in [1.82, 2.24) is 4.90 Å². The SMILES string of the molecule is COc1ccc(C)cc1N(C(C)C(=O)N1CCOCC1)S(C)(=O)=O. The molecule has 1 amide bonds. The Morgan fingerprint density at radius 2 is 1.96 bits per heavy atom. The number of rotatable bonds is 5. The minimum absolute atomic E-state index is 0.243. The van der Waals surface area contributed by atoms with Crippen molar-refractivity contribution in [1.29, 1.82) is 0 Å². The van der Waals surface area contributed by atoms with Crippen LogP contribution in [-0.2, 0) is 19.6 Å². The van der Waals surface area contributed by atoms with E-state index in [1.54, 1.807) is 24.0 Å². The first-order valence-electron chi connectivity index (χ1n) is 7.76. The highest BCUT2D eigenvalue weighted by molar-refractivity contribution is 7.92. The first kappa shape index (κ1) is 18.5. The number of benzene rings is 1. The molecule has 0 radical (unpaired) electrons. The molecule has 0 saturated carbocycles. The molecule has 0 aromatic heterocycles. The molecule has 1 aliphatic rings. The smallest absolute Gasteiger partial charge is 0.246 e. The molecular weight excluding hydrogens is 332 g/mol. The van der Waals surface area contributed by atoms with E-state index < -0.39 is 16.1 Å². The van der Waals surface area contributed by atoms with Gasteiger partial charge in [-0.25, -0.2) is 8.42 Å². The number of methoxy groups -OCH3 is 1. The highest BCUT2D eigenvalue weighted by atomic mass is 32.2. The molecule has 1 saturated heterocycles. The van der Waals surface area contributed by atoms with Gasteiger partial charge in [0.05, 0.1) is 32.3 Å². The number of ether oxygens (including phenoxy) is 2. The van der Waals surface area contributed by atoms with E-state index in [2.05, 4.69) is 0 Å². The van der Waals surface area contributed by atoms with Crippen LogP contribution in [0.25, 0.3) is 0 Å². The highest BCUT2D eigenvalue weighted by Crippen LogP contribution is 2.33. The molecule has 1 aliphatic heterocycles. The second-order valence-corrected chi connectivity index (χ2v) is 7.71. The standard InChI is InChI=1S/C16H24N2O5S/c1-12-5-6-15(22-3)14(11-12)18(24(4,20)21)13(2)16(19)17-7-9-23-10-8-17/h5-6,11,13H,7-10H2,1-4H3. The Bertz CT molecular complexity index is 698. The first-order valence-corrected chi connectivity index (χ1v) is 9.61. The lowest BCUT2D eigenvalue weighted by atomic mass is 10.1. The van der Waals surface area contributed by atoms with Gasteiger partial charge in [-0.05, 0) is 31.5 Å². The van der Waals surface area contributed by atoms with Gasteiger partial charge in [-0.3, -0.25) is 9.10 Å². The minimum atomic E-state index is -3.68. The van der Waals surface area contributed by atoms with Crippen LogP contribution in [0, 0.1) is 6.92 Å². The quantitative estimate of drug-likeness (QED) is 0.787. The number of hydrogen-bond donors (Lipinski definition) is 0. The molecule has 7 nitrogen and oxygen atoms in total. The highest BCUT2D eigenvalue weighted by Gasteiger charge is 2.34. The Labute approximate surface area is 143 Å². The van der Waals surface area contributed by atoms with Crippen molar-refractivity contribution in [3.05, 3.63) is 23.8 Å². The van der Waals surface area contributed by atoms with E-state index in [-0.39, 0.29) is 5.91 Å². The monoisotopic (exact) mass is 356 g/mol. The number of aryl methyl sites for hydroxylation is 1. The third-order valence-electron chi connectivity index (χ3n) is 3.96. The van der Waals surface area contributed by atoms with Crippen molar-refractivity contribution in [3.63, 3.8) is 0 Å². The average molecular weight is 356 g/mol. The summed E-state index contributed by atoms with van der Waals surface area (Å²) >= 11 is 0. The van der Waals surface area contributed by atoms with Crippen molar-refractivity contribution in [2.75, 3.05) is 44.0 Å². The van der Waals surface area contributed by atoms with Crippen molar-refractivity contribution in [2.45, 2.75) is 19.9 Å². The third kappa shape index (κ3) is 3.99. The number of morpholine rings is 1. The van der Waals surface area contributed by atoms with E-state index in [0.717, 1.165) is 16.1 Å². The Morgan fingerprint density at radius 3 is 2.50 bits per heavy atom. The number of amides is 1. The molecule has 1 unspecified atom stereocenters. The molecule has 2 rings (SSSR count). The summed E-state index contributed by atoms with van der Waals surface area (Å²) in [5, 5.41) is 0. The summed E-state index contributed by atoms with van der Waals surface area (Å²) in [6.07, 6.45) is 1.10. The zero-order valence-corrected chi connectivity index (χ0v) is 15.3. The normalized spacial score (nSPS) is 16.6. The summed E-state index contributed by atoms with van der Waals surface area (Å²) in [5.41, 5.74) is 1.25. The molecule has 134 valence electrons. The largest absolute Gasteiger partial charge is 0.495 e. The van der Waals surface area contributed by atoms with Gasteiger partial charge in [0.2, 0.25) is 15.9 Å². The summed E-state index contributed by atoms with van der Waals surface area (Å²) < 4.78 is 36.5. The van der Waals surface area contributed by atoms with Crippen molar-refractivity contribution in [2.24, 2.45) is 0 Å². The molecule has 1 heterocycles. The summed E-state index contributed by atoms with van der Waals surface area (Å²) in [6, 6.07) is 4.38. The van der Waals surface area contributed by atoms with E-state index in [1.165, 1.54) is 7.11 Å². The molecule has 0 aliphatic carbocycles. The van der Waals surface area contributed by atoms with Crippen LogP contribution in [0.3, 0.4) is 0 Å². The van der Waals surface area contributed by atoms with Crippen molar-refractivity contribution < 1.29 is 22.7 Å². The molecule has 1 fully saturated rings. The number of carbonyl (C=O) groups excluding carboxylic acids is 1. The van der Waals surface area contributed by atoms with Gasteiger partial charge in [-0.15, -0.1) is 0 Å². The van der Waals surface area contributed by atoms with Crippen LogP contribution in [0.2, 0.25) is 0 Å². The Kier molecular flexibility index (Phi) is 5.71. The third-order valence-corrected chi connectivity index (χ3v) is 5.19. The predicted molar refractivity (Wildman–Crippen MR) is 91.9 cm³/mol. The Balaban J connectivity index is 2.42. The zero-order valence-electron chi connectivity index (χ0n) is 14.5. The van der Waals surface area contributed by atoms with Gasteiger partial charge in [0, 0.05) is 13.1 Å². The van der Waals surface area contributed by atoms with E-state index in [4.69, 9.17) is 9.47 Å². The van der Waals surface area contributed by atoms with Gasteiger partial charge in [0.25, 0.3) is 0 Å². The van der Waals surface area contributed by atoms with E-state index in [0.29, 0.717) is 37.7 Å². The molecule has 1 aromatic rings. The fraction of sp³-hybridized carbons (Fsp3) is 0.562. The number of carbonyl (C=O) groups is 1. The van der Waals surface area contributed by atoms with E-state index in [9.17, 15) is 13.2 Å². The Hall–Kier alpha value is -1.80. The maximum absolute atomic E-state index is 12.8. The lowest BCUT2D eigenvalue weighted by molar-refractivity contribution is -0.136. The summed E-state index contributed by atoms with van der Waals surface area (Å²) in [7, 11) is -2.20. The molecule has 0 bridgehead atoms. The fourth-order valence-electron chi connectivity index (χ4n) is 2.80. The predicted octanol–water partition coefficient (Wildman–Crippen LogP) is 1.02. The second-order valence-electron chi connectivity index (χ2n) is 5.85. The van der Waals surface area contributed by atoms with Crippen LogP contribution in [0.1, 0.15) is 12.5 Å². The van der Waals surface area contributed by atoms with Gasteiger partial charge in [-0.2, -0.15) is 0 Å². The van der Waals surface area contributed by atoms with Crippen LogP contribution in [0.5, 0.6) is 5.75 Å². The van der Waals surface area contributed by atoms with E-state index in [1.807, 2.05) is 13.0 Å². The first-order chi connectivity index (χ1) is 11.3. The number of sulfonamides is 1. The lowest BCUT2D eigenvalue weighted by Crippen LogP contribution is -2.52. The maximum Gasteiger partial charge on any atom is 0.246 e. The Morgan fingerprint density at radius 1 is 1.33 bits per heavy atom. The molecule has 0 spiro atoms. The van der Waals surface area contributed by atoms with Crippen LogP contribution < -0.4 is 9.04 Å². The topological polar surface area (TPSA) is 76.2 Å². The second kappa shape index (κ2) is 7.40. The maximum atomic E-state index is 12.8. The van der Waals surface area contributed by atoms with E-state index >= 15 is 0 Å². The van der Waals surface area contributed by atoms with Gasteiger partial charge in [-0.1, -0.05) is 6.07 Å². The lowest BCUT2D eigenvalue weighted by Gasteiger charge is -2.34. The van der Waals surface area contributed by atoms with Crippen LogP contribution in [0.15, 0.2) is 18.2 Å². The molecule has 1 atom stereocenters. The summed E-state index contributed by atoms with van der Waals surface area (Å²) in [4.78, 5) is 14.4. The summed E-state index contributed by atoms with van der Waals surface area (Å²) in [5.74, 6) is 0.167. The molecular formula is C16H24N2O5S. The molecule has 8 heteroatoms.